The number of aliphatic hydroxyl groups is 1. The van der Waals surface area contributed by atoms with Crippen LogP contribution in [0.15, 0.2) is 0 Å². The highest BCUT2D eigenvalue weighted by molar-refractivity contribution is 7.56. The van der Waals surface area contributed by atoms with Gasteiger partial charge in [0.2, 0.25) is 0 Å². The summed E-state index contributed by atoms with van der Waals surface area (Å²) in [5.41, 5.74) is -0.569. The molecule has 0 bridgehead atoms. The van der Waals surface area contributed by atoms with E-state index in [1.807, 2.05) is 6.92 Å². The Morgan fingerprint density at radius 2 is 1.02 bits per heavy atom. The molecule has 0 saturated carbocycles. The highest BCUT2D eigenvalue weighted by Crippen LogP contribution is 2.51. The molecule has 0 aromatic rings. The highest BCUT2D eigenvalue weighted by atomic mass is 31.2. The van der Waals surface area contributed by atoms with E-state index in [-0.39, 0.29) is 25.5 Å². The summed E-state index contributed by atoms with van der Waals surface area (Å²) in [7, 11) is -7.17. The number of aliphatic hydroxyl groups excluding tert-OH is 1. The molecule has 11 nitrogen and oxygen atoms in total. The first kappa shape index (κ1) is 46.1. The van der Waals surface area contributed by atoms with Gasteiger partial charge in [-0.3, -0.25) is 9.13 Å². The van der Waals surface area contributed by atoms with Crippen LogP contribution in [0, 0.1) is 0 Å². The molecule has 0 saturated heterocycles. The van der Waals surface area contributed by atoms with E-state index in [9.17, 15) is 24.0 Å². The molecule has 0 aromatic carbocycles. The molecule has 0 aliphatic heterocycles. The molecule has 13 heteroatoms. The van der Waals surface area contributed by atoms with E-state index in [1.54, 1.807) is 0 Å². The van der Waals surface area contributed by atoms with Gasteiger partial charge in [0.15, 0.2) is 0 Å². The molecule has 46 heavy (non-hydrogen) atoms. The van der Waals surface area contributed by atoms with Crippen molar-refractivity contribution >= 4 is 15.1 Å². The molecule has 0 fully saturated rings. The lowest BCUT2D eigenvalue weighted by atomic mass is 10.1. The summed E-state index contributed by atoms with van der Waals surface area (Å²) in [4.78, 5) is 21.0. The lowest BCUT2D eigenvalue weighted by Gasteiger charge is -2.24. The highest BCUT2D eigenvalue weighted by Gasteiger charge is 2.31. The Kier molecular flexibility index (Phi) is 31.2. The standard InChI is InChI=1S/C33H71NO10P2/c1-5-9-12-13-16-20-33(19-15-11-7-3)45(36,37)34-21-17-22-40-23-24-41-25-26-42-27-28-43-29-31(35)30-44-46(38,39)32(8-4)18-14-10-6-2/h31-33,35H,5-30H2,1-4H3,(H,38,39)(H2,34,36,37). The average molecular weight is 704 g/mol. The number of hydrogen-bond donors (Lipinski definition) is 4. The normalized spacial score (nSPS) is 16.6. The van der Waals surface area contributed by atoms with Crippen molar-refractivity contribution in [1.82, 2.24) is 5.09 Å². The Hall–Kier alpha value is 0.1000. The first-order valence-electron chi connectivity index (χ1n) is 18.2. The van der Waals surface area contributed by atoms with Crippen LogP contribution >= 0.6 is 15.1 Å². The van der Waals surface area contributed by atoms with Crippen molar-refractivity contribution in [2.75, 3.05) is 66.0 Å². The first-order valence-corrected chi connectivity index (χ1v) is 21.6. The second-order valence-electron chi connectivity index (χ2n) is 12.2. The van der Waals surface area contributed by atoms with Crippen molar-refractivity contribution in [1.29, 1.82) is 0 Å². The van der Waals surface area contributed by atoms with Gasteiger partial charge in [-0.25, -0.2) is 5.09 Å². The maximum absolute atomic E-state index is 13.0. The van der Waals surface area contributed by atoms with Crippen LogP contribution in [-0.2, 0) is 32.6 Å². The van der Waals surface area contributed by atoms with E-state index >= 15 is 0 Å². The Balaban J connectivity index is 3.82. The number of nitrogens with one attached hydrogen (secondary N) is 1. The molecule has 0 heterocycles. The number of ether oxygens (including phenoxy) is 4. The lowest BCUT2D eigenvalue weighted by Crippen LogP contribution is -2.24. The van der Waals surface area contributed by atoms with Crippen molar-refractivity contribution in [2.45, 2.75) is 148 Å². The van der Waals surface area contributed by atoms with Crippen molar-refractivity contribution in [3.8, 4) is 0 Å². The van der Waals surface area contributed by atoms with E-state index in [0.29, 0.717) is 65.4 Å². The van der Waals surface area contributed by atoms with Crippen molar-refractivity contribution in [3.05, 3.63) is 0 Å². The number of unbranched alkanes of at least 4 members (excludes halogenated alkanes) is 8. The maximum Gasteiger partial charge on any atom is 0.331 e. The van der Waals surface area contributed by atoms with Crippen molar-refractivity contribution in [3.63, 3.8) is 0 Å². The third kappa shape index (κ3) is 26.0. The number of rotatable bonds is 36. The second-order valence-corrected chi connectivity index (χ2v) is 16.6. The Morgan fingerprint density at radius 3 is 1.57 bits per heavy atom. The van der Waals surface area contributed by atoms with E-state index < -0.39 is 26.9 Å². The van der Waals surface area contributed by atoms with Crippen molar-refractivity contribution < 1.29 is 47.5 Å². The van der Waals surface area contributed by atoms with Crippen LogP contribution in [0.5, 0.6) is 0 Å². The van der Waals surface area contributed by atoms with E-state index in [0.717, 1.165) is 64.2 Å². The van der Waals surface area contributed by atoms with Gasteiger partial charge < -0.3 is 38.4 Å². The summed E-state index contributed by atoms with van der Waals surface area (Å²) < 4.78 is 52.7. The van der Waals surface area contributed by atoms with Crippen LogP contribution in [0.2, 0.25) is 0 Å². The zero-order valence-corrected chi connectivity index (χ0v) is 31.5. The molecule has 5 atom stereocenters. The first-order chi connectivity index (χ1) is 22.1. The van der Waals surface area contributed by atoms with Gasteiger partial charge in [0.1, 0.15) is 6.10 Å². The molecule has 0 aliphatic rings. The molecular formula is C33H71NO10P2. The van der Waals surface area contributed by atoms with E-state index in [2.05, 4.69) is 25.9 Å². The third-order valence-electron chi connectivity index (χ3n) is 8.03. The van der Waals surface area contributed by atoms with Crippen molar-refractivity contribution in [2.24, 2.45) is 0 Å². The van der Waals surface area contributed by atoms with Gasteiger partial charge >= 0.3 is 7.60 Å². The molecule has 5 unspecified atom stereocenters. The van der Waals surface area contributed by atoms with Crippen LogP contribution in [-0.4, -0.2) is 98.3 Å². The van der Waals surface area contributed by atoms with Crippen LogP contribution in [0.1, 0.15) is 130 Å². The van der Waals surface area contributed by atoms with Gasteiger partial charge in [0, 0.05) is 18.8 Å². The molecule has 0 spiro atoms. The van der Waals surface area contributed by atoms with Gasteiger partial charge in [-0.15, -0.1) is 0 Å². The van der Waals surface area contributed by atoms with Gasteiger partial charge in [0.25, 0.3) is 7.52 Å². The average Bonchev–Trinajstić information content (AvgIpc) is 3.02. The molecule has 0 rings (SSSR count). The summed E-state index contributed by atoms with van der Waals surface area (Å²) in [5, 5.41) is 13.0. The van der Waals surface area contributed by atoms with Crippen LogP contribution in [0.25, 0.3) is 0 Å². The zero-order chi connectivity index (χ0) is 34.4. The SMILES string of the molecule is CCCCCCCC(CCCCC)P(=O)(O)NCCCOCCOCCOCCOCC(O)COP(=O)(O)C(CC)CCCCC. The number of hydrogen-bond acceptors (Lipinski definition) is 8. The molecule has 0 aromatic heterocycles. The summed E-state index contributed by atoms with van der Waals surface area (Å²) in [5.74, 6) is 0. The predicted molar refractivity (Wildman–Crippen MR) is 187 cm³/mol. The van der Waals surface area contributed by atoms with Crippen LogP contribution < -0.4 is 5.09 Å². The lowest BCUT2D eigenvalue weighted by molar-refractivity contribution is -0.0252. The molecule has 278 valence electrons. The fraction of sp³-hybridized carbons (Fsp3) is 1.00. The zero-order valence-electron chi connectivity index (χ0n) is 29.7. The van der Waals surface area contributed by atoms with Gasteiger partial charge in [0.05, 0.1) is 58.5 Å². The minimum atomic E-state index is -3.78. The van der Waals surface area contributed by atoms with Gasteiger partial charge in [-0.05, 0) is 32.1 Å². The van der Waals surface area contributed by atoms with Crippen LogP contribution in [0.3, 0.4) is 0 Å². The summed E-state index contributed by atoms with van der Waals surface area (Å²) >= 11 is 0. The quantitative estimate of drug-likeness (QED) is 0.0380. The molecule has 0 aliphatic carbocycles. The predicted octanol–water partition coefficient (Wildman–Crippen LogP) is 7.45. The Labute approximate surface area is 281 Å². The monoisotopic (exact) mass is 703 g/mol. The minimum Gasteiger partial charge on any atom is -0.388 e. The topological polar surface area (TPSA) is 153 Å². The fourth-order valence-corrected chi connectivity index (χ4v) is 8.47. The van der Waals surface area contributed by atoms with Gasteiger partial charge in [-0.1, -0.05) is 98.3 Å². The Morgan fingerprint density at radius 1 is 0.565 bits per heavy atom. The second kappa shape index (κ2) is 31.1. The Bertz CT molecular complexity index is 764. The smallest absolute Gasteiger partial charge is 0.331 e. The molecule has 0 radical (unpaired) electrons. The summed E-state index contributed by atoms with van der Waals surface area (Å²) in [6, 6.07) is 0. The fourth-order valence-electron chi connectivity index (χ4n) is 5.10. The molecular weight excluding hydrogens is 632 g/mol. The molecule has 4 N–H and O–H groups in total. The third-order valence-corrected chi connectivity index (χ3v) is 12.3. The minimum absolute atomic E-state index is 0.00609. The summed E-state index contributed by atoms with van der Waals surface area (Å²) in [6.07, 6.45) is 14.4. The van der Waals surface area contributed by atoms with E-state index in [1.165, 1.54) is 19.3 Å². The van der Waals surface area contributed by atoms with E-state index in [4.69, 9.17) is 23.5 Å². The summed E-state index contributed by atoms with van der Waals surface area (Å²) in [6.45, 7) is 11.3. The molecule has 0 amide bonds. The van der Waals surface area contributed by atoms with Gasteiger partial charge in [-0.2, -0.15) is 0 Å². The van der Waals surface area contributed by atoms with Crippen LogP contribution in [0.4, 0.5) is 0 Å². The maximum atomic E-state index is 13.0. The largest absolute Gasteiger partial charge is 0.388 e.